The number of hydrogen-bond acceptors (Lipinski definition) is 5. The van der Waals surface area contributed by atoms with Gasteiger partial charge in [-0.15, -0.1) is 0 Å². The fourth-order valence-electron chi connectivity index (χ4n) is 1.87. The van der Waals surface area contributed by atoms with E-state index in [4.69, 9.17) is 0 Å². The first kappa shape index (κ1) is 9.45. The van der Waals surface area contributed by atoms with Crippen molar-refractivity contribution in [1.29, 1.82) is 0 Å². The average Bonchev–Trinajstić information content (AvgIpc) is 2.86. The Hall–Kier alpha value is -1.10. The fourth-order valence-corrected chi connectivity index (χ4v) is 1.87. The van der Waals surface area contributed by atoms with Gasteiger partial charge in [-0.1, -0.05) is 0 Å². The maximum Gasteiger partial charge on any atom is 0.330 e. The molecule has 0 aliphatic carbocycles. The molecule has 0 radical (unpaired) electrons. The van der Waals surface area contributed by atoms with E-state index < -0.39 is 0 Å². The topological polar surface area (TPSA) is 62.7 Å². The number of nitrogens with one attached hydrogen (secondary N) is 2. The van der Waals surface area contributed by atoms with Gasteiger partial charge in [0, 0.05) is 12.5 Å². The van der Waals surface area contributed by atoms with Crippen LogP contribution < -0.4 is 10.6 Å². The van der Waals surface area contributed by atoms with Crippen LogP contribution in [0.25, 0.3) is 0 Å². The lowest BCUT2D eigenvalue weighted by molar-refractivity contribution is -0.142. The first-order valence-electron chi connectivity index (χ1n) is 4.90. The number of aliphatic imine (C=N–C) groups is 1. The number of nitrogens with zero attached hydrogens (tertiary/aromatic N) is 1. The van der Waals surface area contributed by atoms with Crippen molar-refractivity contribution in [3.8, 4) is 0 Å². The van der Waals surface area contributed by atoms with Crippen molar-refractivity contribution in [3.05, 3.63) is 0 Å². The van der Waals surface area contributed by atoms with Crippen LogP contribution >= 0.6 is 0 Å². The quantitative estimate of drug-likeness (QED) is 0.565. The summed E-state index contributed by atoms with van der Waals surface area (Å²) in [7, 11) is 1.40. The standard InChI is InChI=1S/C9H15N3O2/c1-14-9(13)7-5-11-8(12-7)6-2-3-10-4-6/h6-7,10H,2-5H2,1H3,(H,11,12). The van der Waals surface area contributed by atoms with Crippen molar-refractivity contribution in [2.75, 3.05) is 26.7 Å². The fraction of sp³-hybridized carbons (Fsp3) is 0.778. The van der Waals surface area contributed by atoms with Crippen molar-refractivity contribution < 1.29 is 9.53 Å². The summed E-state index contributed by atoms with van der Waals surface area (Å²) in [6.45, 7) is 2.51. The number of amidine groups is 1. The summed E-state index contributed by atoms with van der Waals surface area (Å²) < 4.78 is 4.65. The van der Waals surface area contributed by atoms with Crippen LogP contribution in [0, 0.1) is 5.92 Å². The van der Waals surface area contributed by atoms with E-state index in [9.17, 15) is 4.79 Å². The van der Waals surface area contributed by atoms with Gasteiger partial charge in [-0.25, -0.2) is 4.79 Å². The minimum Gasteiger partial charge on any atom is -0.467 e. The molecule has 2 heterocycles. The van der Waals surface area contributed by atoms with Crippen LogP contribution in [-0.2, 0) is 9.53 Å². The Morgan fingerprint density at radius 1 is 1.64 bits per heavy atom. The molecule has 1 saturated heterocycles. The SMILES string of the molecule is COC(=O)C1CN=C(C2CCNC2)N1. The smallest absolute Gasteiger partial charge is 0.330 e. The van der Waals surface area contributed by atoms with Gasteiger partial charge in [0.15, 0.2) is 0 Å². The molecular weight excluding hydrogens is 182 g/mol. The van der Waals surface area contributed by atoms with Gasteiger partial charge in [0.1, 0.15) is 11.9 Å². The minimum absolute atomic E-state index is 0.227. The maximum absolute atomic E-state index is 11.2. The zero-order valence-corrected chi connectivity index (χ0v) is 8.25. The predicted octanol–water partition coefficient (Wildman–Crippen LogP) is -0.861. The van der Waals surface area contributed by atoms with Crippen LogP contribution in [-0.4, -0.2) is 44.6 Å². The van der Waals surface area contributed by atoms with E-state index in [1.807, 2.05) is 0 Å². The Morgan fingerprint density at radius 3 is 3.14 bits per heavy atom. The van der Waals surface area contributed by atoms with Gasteiger partial charge in [-0.2, -0.15) is 0 Å². The normalized spacial score (nSPS) is 31.1. The zero-order valence-electron chi connectivity index (χ0n) is 8.25. The van der Waals surface area contributed by atoms with Crippen LogP contribution in [0.3, 0.4) is 0 Å². The summed E-state index contributed by atoms with van der Waals surface area (Å²) >= 11 is 0. The van der Waals surface area contributed by atoms with Crippen LogP contribution in [0.1, 0.15) is 6.42 Å². The molecule has 78 valence electrons. The van der Waals surface area contributed by atoms with Crippen LogP contribution in [0.15, 0.2) is 4.99 Å². The van der Waals surface area contributed by atoms with Crippen molar-refractivity contribution >= 4 is 11.8 Å². The molecule has 2 N–H and O–H groups in total. The van der Waals surface area contributed by atoms with E-state index in [-0.39, 0.29) is 12.0 Å². The van der Waals surface area contributed by atoms with E-state index >= 15 is 0 Å². The van der Waals surface area contributed by atoms with Crippen molar-refractivity contribution in [3.63, 3.8) is 0 Å². The Bertz CT molecular complexity index is 259. The molecule has 2 aliphatic heterocycles. The largest absolute Gasteiger partial charge is 0.467 e. The van der Waals surface area contributed by atoms with Gasteiger partial charge in [-0.05, 0) is 13.0 Å². The summed E-state index contributed by atoms with van der Waals surface area (Å²) in [4.78, 5) is 15.5. The minimum atomic E-state index is -0.268. The summed E-state index contributed by atoms with van der Waals surface area (Å²) in [6.07, 6.45) is 1.10. The Labute approximate surface area is 82.9 Å². The van der Waals surface area contributed by atoms with Crippen molar-refractivity contribution in [2.24, 2.45) is 10.9 Å². The van der Waals surface area contributed by atoms with Crippen LogP contribution in [0.2, 0.25) is 0 Å². The highest BCUT2D eigenvalue weighted by atomic mass is 16.5. The third kappa shape index (κ3) is 1.72. The summed E-state index contributed by atoms with van der Waals surface area (Å²) in [5, 5.41) is 6.39. The third-order valence-electron chi connectivity index (χ3n) is 2.70. The molecule has 0 aromatic heterocycles. The van der Waals surface area contributed by atoms with E-state index in [1.165, 1.54) is 7.11 Å². The molecule has 2 rings (SSSR count). The van der Waals surface area contributed by atoms with Crippen molar-refractivity contribution in [2.45, 2.75) is 12.5 Å². The molecule has 2 aliphatic rings. The van der Waals surface area contributed by atoms with Gasteiger partial charge < -0.3 is 15.4 Å². The highest BCUT2D eigenvalue weighted by Crippen LogP contribution is 2.12. The number of carbonyl (C=O) groups excluding carboxylic acids is 1. The molecule has 2 unspecified atom stereocenters. The van der Waals surface area contributed by atoms with E-state index in [0.717, 1.165) is 25.3 Å². The highest BCUT2D eigenvalue weighted by Gasteiger charge is 2.30. The second-order valence-corrected chi connectivity index (χ2v) is 3.64. The molecule has 5 nitrogen and oxygen atoms in total. The lowest BCUT2D eigenvalue weighted by Gasteiger charge is -2.12. The number of ether oxygens (including phenoxy) is 1. The molecule has 14 heavy (non-hydrogen) atoms. The number of rotatable bonds is 2. The van der Waals surface area contributed by atoms with Gasteiger partial charge in [0.05, 0.1) is 13.7 Å². The first-order valence-corrected chi connectivity index (χ1v) is 4.90. The Kier molecular flexibility index (Phi) is 2.67. The molecule has 0 bridgehead atoms. The molecule has 0 spiro atoms. The Balaban J connectivity index is 1.89. The maximum atomic E-state index is 11.2. The second kappa shape index (κ2) is 3.96. The molecule has 0 saturated carbocycles. The molecule has 2 atom stereocenters. The second-order valence-electron chi connectivity index (χ2n) is 3.64. The predicted molar refractivity (Wildman–Crippen MR) is 52.2 cm³/mol. The van der Waals surface area contributed by atoms with E-state index in [2.05, 4.69) is 20.4 Å². The summed E-state index contributed by atoms with van der Waals surface area (Å²) in [6, 6.07) is -0.268. The van der Waals surface area contributed by atoms with Crippen molar-refractivity contribution in [1.82, 2.24) is 10.6 Å². The van der Waals surface area contributed by atoms with E-state index in [0.29, 0.717) is 12.5 Å². The molecule has 5 heteroatoms. The van der Waals surface area contributed by atoms with Crippen LogP contribution in [0.4, 0.5) is 0 Å². The van der Waals surface area contributed by atoms with Crippen LogP contribution in [0.5, 0.6) is 0 Å². The average molecular weight is 197 g/mol. The van der Waals surface area contributed by atoms with Gasteiger partial charge in [-0.3, -0.25) is 4.99 Å². The first-order chi connectivity index (χ1) is 6.81. The molecule has 0 amide bonds. The number of carbonyl (C=O) groups is 1. The number of methoxy groups -OCH3 is 1. The monoisotopic (exact) mass is 197 g/mol. The number of hydrogen-bond donors (Lipinski definition) is 2. The van der Waals surface area contributed by atoms with Gasteiger partial charge >= 0.3 is 5.97 Å². The highest BCUT2D eigenvalue weighted by molar-refractivity contribution is 5.92. The zero-order chi connectivity index (χ0) is 9.97. The molecule has 0 aromatic carbocycles. The lowest BCUT2D eigenvalue weighted by Crippen LogP contribution is -2.40. The summed E-state index contributed by atoms with van der Waals surface area (Å²) in [5.41, 5.74) is 0. The number of esters is 1. The molecule has 1 fully saturated rings. The summed E-state index contributed by atoms with van der Waals surface area (Å²) in [5.74, 6) is 1.18. The van der Waals surface area contributed by atoms with Gasteiger partial charge in [0.25, 0.3) is 0 Å². The third-order valence-corrected chi connectivity index (χ3v) is 2.70. The molecular formula is C9H15N3O2. The Morgan fingerprint density at radius 2 is 2.50 bits per heavy atom. The van der Waals surface area contributed by atoms with Gasteiger partial charge in [0.2, 0.25) is 0 Å². The molecule has 0 aromatic rings. The lowest BCUT2D eigenvalue weighted by atomic mass is 10.1. The van der Waals surface area contributed by atoms with E-state index in [1.54, 1.807) is 0 Å².